The van der Waals surface area contributed by atoms with E-state index in [4.69, 9.17) is 0 Å². The summed E-state index contributed by atoms with van der Waals surface area (Å²) in [6.07, 6.45) is 2.49. The van der Waals surface area contributed by atoms with Crippen molar-refractivity contribution >= 4 is 5.96 Å². The molecule has 0 aliphatic carbocycles. The van der Waals surface area contributed by atoms with Gasteiger partial charge in [-0.05, 0) is 44.1 Å². The van der Waals surface area contributed by atoms with Crippen LogP contribution >= 0.6 is 0 Å². The third-order valence-corrected chi connectivity index (χ3v) is 3.75. The Balaban J connectivity index is 1.78. The van der Waals surface area contributed by atoms with E-state index in [1.807, 2.05) is 6.07 Å². The Labute approximate surface area is 120 Å². The molecule has 1 heterocycles. The molecular formula is C15H23FN4. The van der Waals surface area contributed by atoms with Crippen LogP contribution in [0.15, 0.2) is 29.3 Å². The van der Waals surface area contributed by atoms with E-state index in [0.29, 0.717) is 12.6 Å². The zero-order chi connectivity index (χ0) is 14.4. The molecular weight excluding hydrogens is 255 g/mol. The van der Waals surface area contributed by atoms with Crippen LogP contribution in [0.5, 0.6) is 0 Å². The molecule has 0 amide bonds. The summed E-state index contributed by atoms with van der Waals surface area (Å²) >= 11 is 0. The zero-order valence-corrected chi connectivity index (χ0v) is 12.2. The van der Waals surface area contributed by atoms with Gasteiger partial charge in [0.25, 0.3) is 0 Å². The number of likely N-dealkylation sites (N-methyl/N-ethyl adjacent to an activating group) is 1. The van der Waals surface area contributed by atoms with Gasteiger partial charge in [-0.15, -0.1) is 0 Å². The van der Waals surface area contributed by atoms with E-state index >= 15 is 0 Å². The number of hydrogen-bond acceptors (Lipinski definition) is 2. The van der Waals surface area contributed by atoms with Crippen LogP contribution in [0, 0.1) is 5.82 Å². The van der Waals surface area contributed by atoms with E-state index in [0.717, 1.165) is 18.1 Å². The number of aliphatic imine (C=N–C) groups is 1. The SMILES string of the molecule is CN=C(NCc1cccc(F)c1)NCC1CCCN1C. The Hall–Kier alpha value is -1.62. The average molecular weight is 278 g/mol. The van der Waals surface area contributed by atoms with Crippen LogP contribution < -0.4 is 10.6 Å². The first-order valence-corrected chi connectivity index (χ1v) is 7.08. The predicted octanol–water partition coefficient (Wildman–Crippen LogP) is 1.58. The highest BCUT2D eigenvalue weighted by Crippen LogP contribution is 2.13. The summed E-state index contributed by atoms with van der Waals surface area (Å²) in [7, 11) is 3.90. The van der Waals surface area contributed by atoms with Crippen molar-refractivity contribution in [2.24, 2.45) is 4.99 Å². The number of rotatable bonds is 4. The van der Waals surface area contributed by atoms with Crippen molar-refractivity contribution in [3.05, 3.63) is 35.6 Å². The van der Waals surface area contributed by atoms with Crippen LogP contribution in [0.2, 0.25) is 0 Å². The van der Waals surface area contributed by atoms with Gasteiger partial charge in [0, 0.05) is 26.2 Å². The highest BCUT2D eigenvalue weighted by atomic mass is 19.1. The van der Waals surface area contributed by atoms with Crippen molar-refractivity contribution in [3.63, 3.8) is 0 Å². The van der Waals surface area contributed by atoms with Gasteiger partial charge in [0.2, 0.25) is 0 Å². The number of guanidine groups is 1. The second-order valence-electron chi connectivity index (χ2n) is 5.21. The van der Waals surface area contributed by atoms with Gasteiger partial charge in [-0.1, -0.05) is 12.1 Å². The molecule has 2 rings (SSSR count). The van der Waals surface area contributed by atoms with Crippen molar-refractivity contribution in [1.29, 1.82) is 0 Å². The normalized spacial score (nSPS) is 20.1. The molecule has 20 heavy (non-hydrogen) atoms. The number of nitrogens with zero attached hydrogens (tertiary/aromatic N) is 2. The first kappa shape index (κ1) is 14.8. The molecule has 0 radical (unpaired) electrons. The predicted molar refractivity (Wildman–Crippen MR) is 80.3 cm³/mol. The minimum absolute atomic E-state index is 0.208. The van der Waals surface area contributed by atoms with E-state index in [1.54, 1.807) is 13.1 Å². The molecule has 0 saturated carbocycles. The summed E-state index contributed by atoms with van der Waals surface area (Å²) in [6, 6.07) is 7.17. The van der Waals surface area contributed by atoms with Gasteiger partial charge in [0.1, 0.15) is 5.82 Å². The minimum atomic E-state index is -0.208. The Kier molecular flexibility index (Phi) is 5.35. The van der Waals surface area contributed by atoms with Gasteiger partial charge in [-0.2, -0.15) is 0 Å². The average Bonchev–Trinajstić information content (AvgIpc) is 2.85. The van der Waals surface area contributed by atoms with Crippen LogP contribution in [0.1, 0.15) is 18.4 Å². The number of benzene rings is 1. The standard InChI is InChI=1S/C15H23FN4/c1-17-15(19-11-14-7-4-8-20(14)2)18-10-12-5-3-6-13(16)9-12/h3,5-6,9,14H,4,7-8,10-11H2,1-2H3,(H2,17,18,19). The van der Waals surface area contributed by atoms with Gasteiger partial charge in [-0.3, -0.25) is 4.99 Å². The summed E-state index contributed by atoms with van der Waals surface area (Å²) < 4.78 is 13.1. The van der Waals surface area contributed by atoms with Crippen LogP contribution in [0.4, 0.5) is 4.39 Å². The molecule has 1 aromatic carbocycles. The molecule has 5 heteroatoms. The molecule has 1 aliphatic rings. The molecule has 1 unspecified atom stereocenters. The van der Waals surface area contributed by atoms with E-state index < -0.39 is 0 Å². The number of nitrogens with one attached hydrogen (secondary N) is 2. The maximum atomic E-state index is 13.1. The summed E-state index contributed by atoms with van der Waals surface area (Å²) in [4.78, 5) is 6.56. The van der Waals surface area contributed by atoms with Crippen LogP contribution in [0.3, 0.4) is 0 Å². The third-order valence-electron chi connectivity index (χ3n) is 3.75. The van der Waals surface area contributed by atoms with Gasteiger partial charge >= 0.3 is 0 Å². The fraction of sp³-hybridized carbons (Fsp3) is 0.533. The fourth-order valence-corrected chi connectivity index (χ4v) is 2.50. The van der Waals surface area contributed by atoms with Crippen molar-refractivity contribution in [2.75, 3.05) is 27.2 Å². The Morgan fingerprint density at radius 2 is 2.30 bits per heavy atom. The molecule has 0 spiro atoms. The van der Waals surface area contributed by atoms with E-state index in [2.05, 4.69) is 27.6 Å². The van der Waals surface area contributed by atoms with Gasteiger partial charge in [0.15, 0.2) is 5.96 Å². The lowest BCUT2D eigenvalue weighted by molar-refractivity contribution is 0.309. The van der Waals surface area contributed by atoms with Crippen LogP contribution in [-0.2, 0) is 6.54 Å². The van der Waals surface area contributed by atoms with E-state index in [-0.39, 0.29) is 5.82 Å². The van der Waals surface area contributed by atoms with E-state index in [1.165, 1.54) is 31.5 Å². The second-order valence-corrected chi connectivity index (χ2v) is 5.21. The van der Waals surface area contributed by atoms with Gasteiger partial charge in [0.05, 0.1) is 0 Å². The summed E-state index contributed by atoms with van der Waals surface area (Å²) in [5.41, 5.74) is 0.908. The molecule has 110 valence electrons. The molecule has 1 saturated heterocycles. The quantitative estimate of drug-likeness (QED) is 0.649. The molecule has 1 fully saturated rings. The Bertz CT molecular complexity index is 461. The molecule has 0 aromatic heterocycles. The maximum absolute atomic E-state index is 13.1. The van der Waals surface area contributed by atoms with Crippen LogP contribution in [-0.4, -0.2) is 44.1 Å². The van der Waals surface area contributed by atoms with Crippen molar-refractivity contribution in [3.8, 4) is 0 Å². The maximum Gasteiger partial charge on any atom is 0.191 e. The third kappa shape index (κ3) is 4.20. The second kappa shape index (κ2) is 7.24. The summed E-state index contributed by atoms with van der Waals surface area (Å²) in [5, 5.41) is 6.54. The Morgan fingerprint density at radius 1 is 1.45 bits per heavy atom. The summed E-state index contributed by atoms with van der Waals surface area (Å²) in [6.45, 7) is 2.62. The topological polar surface area (TPSA) is 39.7 Å². The largest absolute Gasteiger partial charge is 0.355 e. The Morgan fingerprint density at radius 3 is 2.95 bits per heavy atom. The molecule has 1 atom stereocenters. The number of hydrogen-bond donors (Lipinski definition) is 2. The number of likely N-dealkylation sites (tertiary alicyclic amines) is 1. The van der Waals surface area contributed by atoms with Crippen molar-refractivity contribution in [2.45, 2.75) is 25.4 Å². The highest BCUT2D eigenvalue weighted by molar-refractivity contribution is 5.79. The molecule has 2 N–H and O–H groups in total. The molecule has 4 nitrogen and oxygen atoms in total. The first-order valence-electron chi connectivity index (χ1n) is 7.08. The minimum Gasteiger partial charge on any atom is -0.355 e. The monoisotopic (exact) mass is 278 g/mol. The van der Waals surface area contributed by atoms with Crippen LogP contribution in [0.25, 0.3) is 0 Å². The molecule has 0 bridgehead atoms. The summed E-state index contributed by atoms with van der Waals surface area (Å²) in [5.74, 6) is 0.550. The van der Waals surface area contributed by atoms with Gasteiger partial charge in [-0.25, -0.2) is 4.39 Å². The van der Waals surface area contributed by atoms with E-state index in [9.17, 15) is 4.39 Å². The lowest BCUT2D eigenvalue weighted by Gasteiger charge is -2.21. The smallest absolute Gasteiger partial charge is 0.191 e. The number of halogens is 1. The lowest BCUT2D eigenvalue weighted by atomic mass is 10.2. The van der Waals surface area contributed by atoms with Gasteiger partial charge < -0.3 is 15.5 Å². The fourth-order valence-electron chi connectivity index (χ4n) is 2.50. The first-order chi connectivity index (χ1) is 9.69. The highest BCUT2D eigenvalue weighted by Gasteiger charge is 2.20. The zero-order valence-electron chi connectivity index (χ0n) is 12.2. The molecule has 1 aliphatic heterocycles. The molecule has 1 aromatic rings. The van der Waals surface area contributed by atoms with Crippen molar-refractivity contribution < 1.29 is 4.39 Å². The van der Waals surface area contributed by atoms with Crippen molar-refractivity contribution in [1.82, 2.24) is 15.5 Å². The lowest BCUT2D eigenvalue weighted by Crippen LogP contribution is -2.43.